The summed E-state index contributed by atoms with van der Waals surface area (Å²) in [6.45, 7) is 0. The van der Waals surface area contributed by atoms with E-state index in [2.05, 4.69) is 15.3 Å². The average molecular weight is 420 g/mol. The molecule has 4 rings (SSSR count). The SMILES string of the molecule is CN(c1ccccc1C(=O)Nc1ccc(-c2nc3ccccc3[nH]2)cc1)S(C)(=O)=O. The Morgan fingerprint density at radius 3 is 2.33 bits per heavy atom. The topological polar surface area (TPSA) is 95.2 Å². The minimum absolute atomic E-state index is 0.270. The van der Waals surface area contributed by atoms with Crippen LogP contribution in [-0.2, 0) is 10.0 Å². The molecule has 30 heavy (non-hydrogen) atoms. The number of anilines is 2. The van der Waals surface area contributed by atoms with Gasteiger partial charge in [-0.2, -0.15) is 0 Å². The van der Waals surface area contributed by atoms with Gasteiger partial charge >= 0.3 is 0 Å². The van der Waals surface area contributed by atoms with E-state index in [-0.39, 0.29) is 5.56 Å². The highest BCUT2D eigenvalue weighted by molar-refractivity contribution is 7.92. The number of imidazole rings is 1. The van der Waals surface area contributed by atoms with Crippen molar-refractivity contribution < 1.29 is 13.2 Å². The highest BCUT2D eigenvalue weighted by Crippen LogP contribution is 2.25. The maximum atomic E-state index is 12.8. The molecule has 0 radical (unpaired) electrons. The summed E-state index contributed by atoms with van der Waals surface area (Å²) in [5.41, 5.74) is 3.91. The quantitative estimate of drug-likeness (QED) is 0.512. The Labute approximate surface area is 174 Å². The van der Waals surface area contributed by atoms with Crippen molar-refractivity contribution in [1.29, 1.82) is 0 Å². The van der Waals surface area contributed by atoms with Gasteiger partial charge in [0.15, 0.2) is 0 Å². The van der Waals surface area contributed by atoms with Gasteiger partial charge in [0.2, 0.25) is 10.0 Å². The van der Waals surface area contributed by atoms with Gasteiger partial charge in [0.05, 0.1) is 28.5 Å². The van der Waals surface area contributed by atoms with Gasteiger partial charge in [-0.1, -0.05) is 24.3 Å². The molecule has 0 bridgehead atoms. The molecule has 0 fully saturated rings. The van der Waals surface area contributed by atoms with E-state index in [1.54, 1.807) is 36.4 Å². The number of aromatic amines is 1. The summed E-state index contributed by atoms with van der Waals surface area (Å²) in [5, 5.41) is 2.82. The Bertz CT molecular complexity index is 1300. The molecule has 152 valence electrons. The summed E-state index contributed by atoms with van der Waals surface area (Å²) < 4.78 is 24.9. The number of para-hydroxylation sites is 3. The van der Waals surface area contributed by atoms with E-state index in [0.29, 0.717) is 11.4 Å². The number of hydrogen-bond donors (Lipinski definition) is 2. The molecule has 1 amide bonds. The first-order valence-electron chi connectivity index (χ1n) is 9.22. The molecule has 7 nitrogen and oxygen atoms in total. The van der Waals surface area contributed by atoms with Crippen molar-refractivity contribution in [2.75, 3.05) is 22.9 Å². The number of nitrogens with one attached hydrogen (secondary N) is 2. The van der Waals surface area contributed by atoms with Crippen LogP contribution in [-0.4, -0.2) is 37.6 Å². The van der Waals surface area contributed by atoms with Crippen molar-refractivity contribution in [1.82, 2.24) is 9.97 Å². The lowest BCUT2D eigenvalue weighted by Crippen LogP contribution is -2.27. The van der Waals surface area contributed by atoms with Crippen LogP contribution < -0.4 is 9.62 Å². The van der Waals surface area contributed by atoms with Crippen molar-refractivity contribution in [3.05, 3.63) is 78.4 Å². The van der Waals surface area contributed by atoms with Crippen molar-refractivity contribution in [2.24, 2.45) is 0 Å². The van der Waals surface area contributed by atoms with Crippen LogP contribution in [0.3, 0.4) is 0 Å². The fourth-order valence-electron chi connectivity index (χ4n) is 3.12. The minimum Gasteiger partial charge on any atom is -0.338 e. The third-order valence-electron chi connectivity index (χ3n) is 4.79. The number of aromatic nitrogens is 2. The molecular weight excluding hydrogens is 400 g/mol. The van der Waals surface area contributed by atoms with E-state index in [9.17, 15) is 13.2 Å². The number of sulfonamides is 1. The third kappa shape index (κ3) is 3.90. The fourth-order valence-corrected chi connectivity index (χ4v) is 3.63. The van der Waals surface area contributed by atoms with Crippen LogP contribution in [0.5, 0.6) is 0 Å². The molecule has 8 heteroatoms. The fraction of sp³-hybridized carbons (Fsp3) is 0.0909. The van der Waals surface area contributed by atoms with Gasteiger partial charge in [-0.25, -0.2) is 13.4 Å². The molecule has 0 saturated heterocycles. The van der Waals surface area contributed by atoms with E-state index in [1.165, 1.54) is 7.05 Å². The van der Waals surface area contributed by atoms with Crippen LogP contribution in [0.1, 0.15) is 10.4 Å². The maximum absolute atomic E-state index is 12.8. The number of hydrogen-bond acceptors (Lipinski definition) is 4. The summed E-state index contributed by atoms with van der Waals surface area (Å²) in [6, 6.07) is 21.6. The standard InChI is InChI=1S/C22H20N4O3S/c1-26(30(2,28)29)20-10-6-3-7-17(20)22(27)23-16-13-11-15(12-14-16)21-24-18-8-4-5-9-19(18)25-21/h3-14H,1-2H3,(H,23,27)(H,24,25). The number of rotatable bonds is 5. The van der Waals surface area contributed by atoms with Gasteiger partial charge in [-0.05, 0) is 48.5 Å². The first-order valence-corrected chi connectivity index (χ1v) is 11.1. The highest BCUT2D eigenvalue weighted by Gasteiger charge is 2.19. The largest absolute Gasteiger partial charge is 0.338 e. The van der Waals surface area contributed by atoms with Gasteiger partial charge in [0, 0.05) is 18.3 Å². The molecule has 0 aliphatic heterocycles. The lowest BCUT2D eigenvalue weighted by atomic mass is 10.1. The molecule has 0 saturated carbocycles. The summed E-state index contributed by atoms with van der Waals surface area (Å²) in [5.74, 6) is 0.354. The second kappa shape index (κ2) is 7.64. The second-order valence-electron chi connectivity index (χ2n) is 6.88. The second-order valence-corrected chi connectivity index (χ2v) is 8.90. The molecule has 0 aliphatic carbocycles. The molecule has 0 aliphatic rings. The Balaban J connectivity index is 1.56. The predicted molar refractivity (Wildman–Crippen MR) is 119 cm³/mol. The van der Waals surface area contributed by atoms with Crippen molar-refractivity contribution in [3.63, 3.8) is 0 Å². The van der Waals surface area contributed by atoms with Crippen LogP contribution in [0.15, 0.2) is 72.8 Å². The van der Waals surface area contributed by atoms with E-state index in [0.717, 1.165) is 33.0 Å². The maximum Gasteiger partial charge on any atom is 0.257 e. The van der Waals surface area contributed by atoms with Crippen LogP contribution >= 0.6 is 0 Å². The minimum atomic E-state index is -3.49. The van der Waals surface area contributed by atoms with Gasteiger partial charge < -0.3 is 10.3 Å². The predicted octanol–water partition coefficient (Wildman–Crippen LogP) is 3.88. The van der Waals surface area contributed by atoms with Crippen molar-refractivity contribution >= 4 is 38.3 Å². The molecule has 0 spiro atoms. The smallest absolute Gasteiger partial charge is 0.257 e. The summed E-state index contributed by atoms with van der Waals surface area (Å²) in [7, 11) is -2.07. The Morgan fingerprint density at radius 2 is 1.63 bits per heavy atom. The summed E-state index contributed by atoms with van der Waals surface area (Å²) in [6.07, 6.45) is 1.10. The number of fused-ring (bicyclic) bond motifs is 1. The average Bonchev–Trinajstić information content (AvgIpc) is 3.17. The highest BCUT2D eigenvalue weighted by atomic mass is 32.2. The summed E-state index contributed by atoms with van der Waals surface area (Å²) >= 11 is 0. The summed E-state index contributed by atoms with van der Waals surface area (Å²) in [4.78, 5) is 20.6. The zero-order valence-electron chi connectivity index (χ0n) is 16.5. The van der Waals surface area contributed by atoms with E-state index in [1.807, 2.05) is 36.4 Å². The number of carbonyl (C=O) groups excluding carboxylic acids is 1. The molecule has 2 N–H and O–H groups in total. The molecule has 1 aromatic heterocycles. The molecule has 3 aromatic carbocycles. The first kappa shape index (κ1) is 19.7. The number of H-pyrrole nitrogens is 1. The zero-order chi connectivity index (χ0) is 21.3. The van der Waals surface area contributed by atoms with Gasteiger partial charge in [0.1, 0.15) is 5.82 Å². The van der Waals surface area contributed by atoms with Gasteiger partial charge in [-0.15, -0.1) is 0 Å². The van der Waals surface area contributed by atoms with Crippen LogP contribution in [0.25, 0.3) is 22.4 Å². The Hall–Kier alpha value is -3.65. The Kier molecular flexibility index (Phi) is 5.01. The van der Waals surface area contributed by atoms with Crippen LogP contribution in [0.4, 0.5) is 11.4 Å². The van der Waals surface area contributed by atoms with Crippen LogP contribution in [0.2, 0.25) is 0 Å². The molecule has 0 atom stereocenters. The van der Waals surface area contributed by atoms with E-state index < -0.39 is 15.9 Å². The Morgan fingerprint density at radius 1 is 0.967 bits per heavy atom. The number of nitrogens with zero attached hydrogens (tertiary/aromatic N) is 2. The third-order valence-corrected chi connectivity index (χ3v) is 5.98. The molecular formula is C22H20N4O3S. The van der Waals surface area contributed by atoms with E-state index >= 15 is 0 Å². The van der Waals surface area contributed by atoms with Crippen LogP contribution in [0, 0.1) is 0 Å². The van der Waals surface area contributed by atoms with E-state index in [4.69, 9.17) is 0 Å². The lowest BCUT2D eigenvalue weighted by Gasteiger charge is -2.19. The molecule has 1 heterocycles. The van der Waals surface area contributed by atoms with Gasteiger partial charge in [0.25, 0.3) is 5.91 Å². The number of benzene rings is 3. The van der Waals surface area contributed by atoms with Crippen molar-refractivity contribution in [2.45, 2.75) is 0 Å². The molecule has 0 unspecified atom stereocenters. The monoisotopic (exact) mass is 420 g/mol. The lowest BCUT2D eigenvalue weighted by molar-refractivity contribution is 0.102. The number of amides is 1. The normalized spacial score (nSPS) is 11.4. The molecule has 4 aromatic rings. The first-order chi connectivity index (χ1) is 14.3. The zero-order valence-corrected chi connectivity index (χ0v) is 17.3. The van der Waals surface area contributed by atoms with Crippen molar-refractivity contribution in [3.8, 4) is 11.4 Å². The van der Waals surface area contributed by atoms with Gasteiger partial charge in [-0.3, -0.25) is 9.10 Å². The number of carbonyl (C=O) groups is 1.